The van der Waals surface area contributed by atoms with E-state index in [1.54, 1.807) is 18.2 Å². The topological polar surface area (TPSA) is 115 Å². The van der Waals surface area contributed by atoms with Gasteiger partial charge in [-0.1, -0.05) is 11.6 Å². The van der Waals surface area contributed by atoms with Crippen LogP contribution in [0.2, 0.25) is 5.15 Å². The van der Waals surface area contributed by atoms with E-state index in [1.807, 2.05) is 13.0 Å². The first kappa shape index (κ1) is 22.9. The van der Waals surface area contributed by atoms with Crippen LogP contribution in [0.3, 0.4) is 0 Å². The molecule has 0 unspecified atom stereocenters. The van der Waals surface area contributed by atoms with Crippen molar-refractivity contribution in [1.29, 1.82) is 0 Å². The number of halogens is 2. The Hall–Kier alpha value is -3.28. The molecule has 0 atom stereocenters. The van der Waals surface area contributed by atoms with Gasteiger partial charge in [-0.2, -0.15) is 13.4 Å². The van der Waals surface area contributed by atoms with Crippen molar-refractivity contribution in [2.24, 2.45) is 0 Å². The van der Waals surface area contributed by atoms with Crippen LogP contribution in [0.5, 0.6) is 17.5 Å². The molecule has 3 aromatic rings. The SMILES string of the molecule is CNS(=O)(=O)Nc1nccc(CC2=C(C)c3ccc(Oc4nccc(Cl)n4)cc3OC2)c1F. The number of hydrogen-bond acceptors (Lipinski definition) is 7. The predicted octanol–water partition coefficient (Wildman–Crippen LogP) is 3.74. The summed E-state index contributed by atoms with van der Waals surface area (Å²) in [6, 6.07) is 8.46. The minimum atomic E-state index is -3.89. The molecule has 0 spiro atoms. The molecule has 172 valence electrons. The Morgan fingerprint density at radius 2 is 2.00 bits per heavy atom. The van der Waals surface area contributed by atoms with Gasteiger partial charge in [0, 0.05) is 37.5 Å². The first-order valence-electron chi connectivity index (χ1n) is 9.72. The molecule has 2 aromatic heterocycles. The molecule has 0 saturated heterocycles. The van der Waals surface area contributed by atoms with Crippen LogP contribution < -0.4 is 18.9 Å². The summed E-state index contributed by atoms with van der Waals surface area (Å²) < 4.78 is 53.9. The van der Waals surface area contributed by atoms with Gasteiger partial charge in [0.25, 0.3) is 10.2 Å². The van der Waals surface area contributed by atoms with E-state index in [4.69, 9.17) is 21.1 Å². The number of hydrogen-bond donors (Lipinski definition) is 2. The number of aromatic nitrogens is 3. The molecular formula is C21H19ClFN5O4S. The summed E-state index contributed by atoms with van der Waals surface area (Å²) >= 11 is 5.86. The summed E-state index contributed by atoms with van der Waals surface area (Å²) in [6.45, 7) is 2.15. The van der Waals surface area contributed by atoms with Gasteiger partial charge in [-0.05, 0) is 47.9 Å². The number of nitrogens with zero attached hydrogens (tertiary/aromatic N) is 3. The van der Waals surface area contributed by atoms with Crippen LogP contribution in [0.4, 0.5) is 10.2 Å². The first-order chi connectivity index (χ1) is 15.8. The molecule has 12 heteroatoms. The first-order valence-corrected chi connectivity index (χ1v) is 11.6. The lowest BCUT2D eigenvalue weighted by atomic mass is 9.94. The van der Waals surface area contributed by atoms with Crippen LogP contribution in [0, 0.1) is 5.82 Å². The Morgan fingerprint density at radius 1 is 1.21 bits per heavy atom. The maximum Gasteiger partial charge on any atom is 0.323 e. The second-order valence-electron chi connectivity index (χ2n) is 7.06. The molecule has 9 nitrogen and oxygen atoms in total. The molecule has 0 fully saturated rings. The summed E-state index contributed by atoms with van der Waals surface area (Å²) in [7, 11) is -2.68. The van der Waals surface area contributed by atoms with Crippen molar-refractivity contribution >= 4 is 33.2 Å². The number of allylic oxidation sites excluding steroid dienone is 1. The quantitative estimate of drug-likeness (QED) is 0.484. The number of ether oxygens (including phenoxy) is 2. The average Bonchev–Trinajstić information content (AvgIpc) is 2.78. The summed E-state index contributed by atoms with van der Waals surface area (Å²) in [6.07, 6.45) is 3.07. The van der Waals surface area contributed by atoms with Gasteiger partial charge in [0.2, 0.25) is 0 Å². The molecule has 3 heterocycles. The Bertz CT molecular complexity index is 1350. The molecule has 4 rings (SSSR count). The van der Waals surface area contributed by atoms with E-state index in [1.165, 1.54) is 25.5 Å². The second kappa shape index (κ2) is 9.30. The summed E-state index contributed by atoms with van der Waals surface area (Å²) in [5.74, 6) is -0.0303. The highest BCUT2D eigenvalue weighted by molar-refractivity contribution is 7.90. The number of fused-ring (bicyclic) bond motifs is 1. The van der Waals surface area contributed by atoms with Gasteiger partial charge in [-0.3, -0.25) is 4.72 Å². The van der Waals surface area contributed by atoms with E-state index >= 15 is 0 Å². The maximum absolute atomic E-state index is 14.9. The van der Waals surface area contributed by atoms with Crippen molar-refractivity contribution in [3.63, 3.8) is 0 Å². The fourth-order valence-corrected chi connectivity index (χ4v) is 3.84. The highest BCUT2D eigenvalue weighted by atomic mass is 35.5. The second-order valence-corrected chi connectivity index (χ2v) is 9.06. The number of benzene rings is 1. The molecular weight excluding hydrogens is 473 g/mol. The van der Waals surface area contributed by atoms with Gasteiger partial charge >= 0.3 is 6.01 Å². The zero-order valence-electron chi connectivity index (χ0n) is 17.6. The third kappa shape index (κ3) is 5.21. The van der Waals surface area contributed by atoms with E-state index in [-0.39, 0.29) is 30.0 Å². The van der Waals surface area contributed by atoms with Gasteiger partial charge in [-0.15, -0.1) is 0 Å². The fourth-order valence-electron chi connectivity index (χ4n) is 3.22. The van der Waals surface area contributed by atoms with Crippen molar-refractivity contribution in [2.75, 3.05) is 18.4 Å². The average molecular weight is 492 g/mol. The van der Waals surface area contributed by atoms with Gasteiger partial charge in [0.15, 0.2) is 11.6 Å². The van der Waals surface area contributed by atoms with Crippen molar-refractivity contribution in [3.8, 4) is 17.5 Å². The lowest BCUT2D eigenvalue weighted by molar-refractivity contribution is 0.339. The molecule has 2 N–H and O–H groups in total. The Morgan fingerprint density at radius 3 is 2.76 bits per heavy atom. The number of anilines is 1. The van der Waals surface area contributed by atoms with Crippen LogP contribution in [-0.4, -0.2) is 37.0 Å². The Labute approximate surface area is 194 Å². The van der Waals surface area contributed by atoms with Crippen molar-refractivity contribution in [1.82, 2.24) is 19.7 Å². The van der Waals surface area contributed by atoms with Crippen molar-refractivity contribution in [2.45, 2.75) is 13.3 Å². The molecule has 0 bridgehead atoms. The number of pyridine rings is 1. The smallest absolute Gasteiger partial charge is 0.323 e. The Kier molecular flexibility index (Phi) is 6.45. The van der Waals surface area contributed by atoms with E-state index < -0.39 is 16.0 Å². The van der Waals surface area contributed by atoms with Gasteiger partial charge in [0.1, 0.15) is 23.3 Å². The van der Waals surface area contributed by atoms with E-state index in [2.05, 4.69) is 24.4 Å². The minimum absolute atomic E-state index is 0.115. The minimum Gasteiger partial charge on any atom is -0.488 e. The summed E-state index contributed by atoms with van der Waals surface area (Å²) in [5.41, 5.74) is 2.90. The lowest BCUT2D eigenvalue weighted by Crippen LogP contribution is -2.27. The van der Waals surface area contributed by atoms with Gasteiger partial charge in [-0.25, -0.2) is 19.1 Å². The molecule has 0 aliphatic carbocycles. The van der Waals surface area contributed by atoms with Crippen LogP contribution in [0.15, 0.2) is 48.3 Å². The molecule has 0 radical (unpaired) electrons. The van der Waals surface area contributed by atoms with Crippen LogP contribution in [-0.2, 0) is 16.6 Å². The van der Waals surface area contributed by atoms with Gasteiger partial charge < -0.3 is 9.47 Å². The maximum atomic E-state index is 14.9. The van der Waals surface area contributed by atoms with E-state index in [0.717, 1.165) is 16.7 Å². The highest BCUT2D eigenvalue weighted by Crippen LogP contribution is 2.37. The summed E-state index contributed by atoms with van der Waals surface area (Å²) in [5, 5.41) is 0.267. The molecule has 1 aliphatic rings. The molecule has 0 amide bonds. The molecule has 33 heavy (non-hydrogen) atoms. The Balaban J connectivity index is 1.57. The zero-order chi connectivity index (χ0) is 23.6. The van der Waals surface area contributed by atoms with E-state index in [9.17, 15) is 12.8 Å². The lowest BCUT2D eigenvalue weighted by Gasteiger charge is -2.23. The standard InChI is InChI=1S/C21H19ClFN5O4S/c1-12-14(9-13-5-7-25-20(19(13)23)28-33(29,30)24-2)11-31-17-10-15(3-4-16(12)17)32-21-26-8-6-18(22)27-21/h3-8,10,24H,9,11H2,1-2H3,(H,25,28). The van der Waals surface area contributed by atoms with Crippen molar-refractivity contribution in [3.05, 3.63) is 70.4 Å². The largest absolute Gasteiger partial charge is 0.488 e. The summed E-state index contributed by atoms with van der Waals surface area (Å²) in [4.78, 5) is 11.8. The fraction of sp³-hybridized carbons (Fsp3) is 0.190. The molecule has 1 aromatic carbocycles. The highest BCUT2D eigenvalue weighted by Gasteiger charge is 2.21. The monoisotopic (exact) mass is 491 g/mol. The van der Waals surface area contributed by atoms with E-state index in [0.29, 0.717) is 17.1 Å². The number of nitrogens with one attached hydrogen (secondary N) is 2. The van der Waals surface area contributed by atoms with Crippen LogP contribution in [0.25, 0.3) is 5.57 Å². The third-order valence-corrected chi connectivity index (χ3v) is 6.18. The number of rotatable bonds is 7. The zero-order valence-corrected chi connectivity index (χ0v) is 19.2. The molecule has 1 aliphatic heterocycles. The van der Waals surface area contributed by atoms with Crippen molar-refractivity contribution < 1.29 is 22.3 Å². The molecule has 0 saturated carbocycles. The van der Waals surface area contributed by atoms with Crippen LogP contribution in [0.1, 0.15) is 18.1 Å². The predicted molar refractivity (Wildman–Crippen MR) is 121 cm³/mol. The third-order valence-electron chi connectivity index (χ3n) is 4.97. The van der Waals surface area contributed by atoms with Gasteiger partial charge in [0.05, 0.1) is 0 Å². The normalized spacial score (nSPS) is 13.3. The van der Waals surface area contributed by atoms with Crippen LogP contribution >= 0.6 is 11.6 Å².